The highest BCUT2D eigenvalue weighted by molar-refractivity contribution is 5.95. The van der Waals surface area contributed by atoms with Crippen molar-refractivity contribution in [2.24, 2.45) is 0 Å². The molecule has 0 unspecified atom stereocenters. The normalized spacial score (nSPS) is 11.0. The van der Waals surface area contributed by atoms with Crippen molar-refractivity contribution >= 4 is 11.6 Å². The Balaban J connectivity index is 2.12. The van der Waals surface area contributed by atoms with Crippen LogP contribution in [0.15, 0.2) is 48.5 Å². The highest BCUT2D eigenvalue weighted by Gasteiger charge is 2.33. The molecule has 0 atom stereocenters. The summed E-state index contributed by atoms with van der Waals surface area (Å²) in [5.74, 6) is -0.504. The van der Waals surface area contributed by atoms with Gasteiger partial charge in [0.2, 0.25) is 0 Å². The molecule has 110 valence electrons. The first-order valence-corrected chi connectivity index (χ1v) is 6.17. The van der Waals surface area contributed by atoms with Crippen molar-refractivity contribution < 1.29 is 18.0 Å². The Morgan fingerprint density at radius 1 is 1.05 bits per heavy atom. The zero-order valence-corrected chi connectivity index (χ0v) is 11.2. The van der Waals surface area contributed by atoms with Gasteiger partial charge in [-0.2, -0.15) is 13.2 Å². The number of amides is 1. The van der Waals surface area contributed by atoms with Crippen molar-refractivity contribution in [3.05, 3.63) is 65.2 Å². The lowest BCUT2D eigenvalue weighted by molar-refractivity contribution is -0.137. The highest BCUT2D eigenvalue weighted by Crippen LogP contribution is 2.34. The third-order valence-electron chi connectivity index (χ3n) is 2.82. The van der Waals surface area contributed by atoms with Gasteiger partial charge >= 0.3 is 6.18 Å². The van der Waals surface area contributed by atoms with Gasteiger partial charge in [0.1, 0.15) is 0 Å². The van der Waals surface area contributed by atoms with Crippen LogP contribution in [0.3, 0.4) is 0 Å². The molecule has 0 heterocycles. The first-order valence-electron chi connectivity index (χ1n) is 6.17. The molecule has 0 saturated heterocycles. The van der Waals surface area contributed by atoms with Crippen molar-refractivity contribution in [2.45, 2.75) is 13.1 Å². The summed E-state index contributed by atoms with van der Waals surface area (Å²) >= 11 is 0. The van der Waals surface area contributed by atoms with E-state index in [2.05, 4.69) is 10.9 Å². The Kier molecular flexibility index (Phi) is 4.16. The van der Waals surface area contributed by atoms with Crippen LogP contribution in [0.1, 0.15) is 21.5 Å². The van der Waals surface area contributed by atoms with Crippen LogP contribution in [0.25, 0.3) is 0 Å². The molecule has 0 radical (unpaired) electrons. The molecule has 0 aromatic heterocycles. The van der Waals surface area contributed by atoms with E-state index in [1.807, 2.05) is 13.0 Å². The molecular formula is C15H13F3N2O. The first kappa shape index (κ1) is 14.9. The molecule has 2 N–H and O–H groups in total. The van der Waals surface area contributed by atoms with Gasteiger partial charge < -0.3 is 0 Å². The summed E-state index contributed by atoms with van der Waals surface area (Å²) in [5.41, 5.74) is 4.80. The predicted octanol–water partition coefficient (Wildman–Crippen LogP) is 3.77. The van der Waals surface area contributed by atoms with Crippen LogP contribution >= 0.6 is 0 Å². The zero-order chi connectivity index (χ0) is 15.5. The van der Waals surface area contributed by atoms with Gasteiger partial charge in [-0.05, 0) is 31.2 Å². The summed E-state index contributed by atoms with van der Waals surface area (Å²) in [6.07, 6.45) is -4.49. The summed E-state index contributed by atoms with van der Waals surface area (Å²) in [6.45, 7) is 1.82. The van der Waals surface area contributed by atoms with Crippen molar-refractivity contribution in [3.8, 4) is 0 Å². The van der Waals surface area contributed by atoms with Crippen LogP contribution in [0.2, 0.25) is 0 Å². The Morgan fingerprint density at radius 2 is 1.76 bits per heavy atom. The van der Waals surface area contributed by atoms with Crippen molar-refractivity contribution in [3.63, 3.8) is 0 Å². The highest BCUT2D eigenvalue weighted by atomic mass is 19.4. The van der Waals surface area contributed by atoms with Crippen LogP contribution in [-0.4, -0.2) is 5.91 Å². The Hall–Kier alpha value is -2.50. The molecule has 2 aromatic carbocycles. The molecule has 0 saturated carbocycles. The minimum absolute atomic E-state index is 0.203. The number of aryl methyl sites for hydroxylation is 1. The molecular weight excluding hydrogens is 281 g/mol. The fourth-order valence-electron chi connectivity index (χ4n) is 1.82. The summed E-state index contributed by atoms with van der Waals surface area (Å²) in [5, 5.41) is 0. The molecule has 0 fully saturated rings. The molecule has 6 heteroatoms. The van der Waals surface area contributed by atoms with E-state index in [4.69, 9.17) is 0 Å². The number of alkyl halides is 3. The lowest BCUT2D eigenvalue weighted by Crippen LogP contribution is -2.30. The second kappa shape index (κ2) is 5.87. The Bertz CT molecular complexity index is 653. The van der Waals surface area contributed by atoms with Gasteiger partial charge in [-0.3, -0.25) is 15.6 Å². The molecule has 2 aromatic rings. The molecule has 0 spiro atoms. The van der Waals surface area contributed by atoms with E-state index in [0.717, 1.165) is 11.6 Å². The van der Waals surface area contributed by atoms with E-state index in [1.54, 1.807) is 18.2 Å². The number of hydrogen-bond donors (Lipinski definition) is 2. The molecule has 3 nitrogen and oxygen atoms in total. The number of nitrogens with one attached hydrogen (secondary N) is 2. The SMILES string of the molecule is Cc1cccc(C(=O)NNc2ccccc2C(F)(F)F)c1. The molecule has 0 bridgehead atoms. The van der Waals surface area contributed by atoms with Crippen molar-refractivity contribution in [1.82, 2.24) is 5.43 Å². The fraction of sp³-hybridized carbons (Fsp3) is 0.133. The van der Waals surface area contributed by atoms with Crippen LogP contribution in [0.5, 0.6) is 0 Å². The summed E-state index contributed by atoms with van der Waals surface area (Å²) in [6, 6.07) is 11.7. The van der Waals surface area contributed by atoms with Gasteiger partial charge in [0.05, 0.1) is 11.3 Å². The van der Waals surface area contributed by atoms with E-state index >= 15 is 0 Å². The monoisotopic (exact) mass is 294 g/mol. The maximum atomic E-state index is 12.8. The van der Waals surface area contributed by atoms with Gasteiger partial charge in [-0.25, -0.2) is 0 Å². The smallest absolute Gasteiger partial charge is 0.298 e. The third kappa shape index (κ3) is 3.75. The van der Waals surface area contributed by atoms with Crippen LogP contribution in [-0.2, 0) is 6.18 Å². The lowest BCUT2D eigenvalue weighted by Gasteiger charge is -2.15. The van der Waals surface area contributed by atoms with Crippen molar-refractivity contribution in [2.75, 3.05) is 5.43 Å². The third-order valence-corrected chi connectivity index (χ3v) is 2.82. The van der Waals surface area contributed by atoms with Gasteiger partial charge in [0.15, 0.2) is 0 Å². The predicted molar refractivity (Wildman–Crippen MR) is 73.7 cm³/mol. The van der Waals surface area contributed by atoms with Crippen LogP contribution in [0.4, 0.5) is 18.9 Å². The molecule has 2 rings (SSSR count). The van der Waals surface area contributed by atoms with Crippen LogP contribution in [0, 0.1) is 6.92 Å². The maximum absolute atomic E-state index is 12.8. The second-order valence-electron chi connectivity index (χ2n) is 4.49. The van der Waals surface area contributed by atoms with E-state index in [0.29, 0.717) is 5.56 Å². The molecule has 1 amide bonds. The quantitative estimate of drug-likeness (QED) is 0.846. The number of hydrazine groups is 1. The fourth-order valence-corrected chi connectivity index (χ4v) is 1.82. The zero-order valence-electron chi connectivity index (χ0n) is 11.2. The van der Waals surface area contributed by atoms with Gasteiger partial charge in [-0.15, -0.1) is 0 Å². The average molecular weight is 294 g/mol. The largest absolute Gasteiger partial charge is 0.418 e. The van der Waals surface area contributed by atoms with Gasteiger partial charge in [0.25, 0.3) is 5.91 Å². The molecule has 0 aliphatic carbocycles. The number of carbonyl (C=O) groups is 1. The minimum atomic E-state index is -4.49. The molecule has 21 heavy (non-hydrogen) atoms. The number of halogens is 3. The number of anilines is 1. The first-order chi connectivity index (χ1) is 9.88. The van der Waals surface area contributed by atoms with Gasteiger partial charge in [0, 0.05) is 5.56 Å². The van der Waals surface area contributed by atoms with E-state index in [9.17, 15) is 18.0 Å². The lowest BCUT2D eigenvalue weighted by atomic mass is 10.1. The number of carbonyl (C=O) groups excluding carboxylic acids is 1. The summed E-state index contributed by atoms with van der Waals surface area (Å²) in [7, 11) is 0. The Morgan fingerprint density at radius 3 is 2.43 bits per heavy atom. The number of rotatable bonds is 3. The average Bonchev–Trinajstić information content (AvgIpc) is 2.44. The minimum Gasteiger partial charge on any atom is -0.298 e. The standard InChI is InChI=1S/C15H13F3N2O/c1-10-5-4-6-11(9-10)14(21)20-19-13-8-3-2-7-12(13)15(16,17)18/h2-9,19H,1H3,(H,20,21). The topological polar surface area (TPSA) is 41.1 Å². The molecule has 0 aliphatic heterocycles. The second-order valence-corrected chi connectivity index (χ2v) is 4.49. The van der Waals surface area contributed by atoms with E-state index in [1.165, 1.54) is 18.2 Å². The Labute approximate surface area is 119 Å². The van der Waals surface area contributed by atoms with Gasteiger partial charge in [-0.1, -0.05) is 29.8 Å². The van der Waals surface area contributed by atoms with Crippen molar-refractivity contribution in [1.29, 1.82) is 0 Å². The van der Waals surface area contributed by atoms with E-state index < -0.39 is 17.6 Å². The molecule has 0 aliphatic rings. The van der Waals surface area contributed by atoms with E-state index in [-0.39, 0.29) is 5.69 Å². The number of hydrogen-bond acceptors (Lipinski definition) is 2. The van der Waals surface area contributed by atoms with Crippen LogP contribution < -0.4 is 10.9 Å². The summed E-state index contributed by atoms with van der Waals surface area (Å²) in [4.78, 5) is 11.9. The number of benzene rings is 2. The maximum Gasteiger partial charge on any atom is 0.418 e. The number of para-hydroxylation sites is 1. The summed E-state index contributed by atoms with van der Waals surface area (Å²) < 4.78 is 38.4.